The molecule has 1 aliphatic rings. The molecular formula is C8H18N2. The molecule has 1 aliphatic heterocycles. The molecule has 60 valence electrons. The van der Waals surface area contributed by atoms with Crippen molar-refractivity contribution in [2.24, 2.45) is 11.7 Å². The highest BCUT2D eigenvalue weighted by atomic mass is 15.1. The quantitative estimate of drug-likeness (QED) is 0.628. The normalized spacial score (nSPS) is 23.4. The maximum Gasteiger partial charge on any atom is 0.00191 e. The van der Waals surface area contributed by atoms with Gasteiger partial charge in [-0.15, -0.1) is 0 Å². The lowest BCUT2D eigenvalue weighted by Gasteiger charge is -2.18. The summed E-state index contributed by atoms with van der Waals surface area (Å²) in [6, 6.07) is 0. The maximum atomic E-state index is 5.52. The van der Waals surface area contributed by atoms with Crippen LogP contribution in [0, 0.1) is 5.92 Å². The van der Waals surface area contributed by atoms with Crippen LogP contribution in [0.1, 0.15) is 19.8 Å². The van der Waals surface area contributed by atoms with E-state index in [0.29, 0.717) is 5.92 Å². The maximum absolute atomic E-state index is 5.52. The Morgan fingerprint density at radius 1 is 1.40 bits per heavy atom. The van der Waals surface area contributed by atoms with Crippen molar-refractivity contribution in [1.82, 2.24) is 4.90 Å². The fourth-order valence-corrected chi connectivity index (χ4v) is 1.48. The second-order valence-electron chi connectivity index (χ2n) is 3.35. The van der Waals surface area contributed by atoms with E-state index in [-0.39, 0.29) is 0 Å². The van der Waals surface area contributed by atoms with E-state index in [1.807, 2.05) is 0 Å². The molecule has 0 unspecified atom stereocenters. The summed E-state index contributed by atoms with van der Waals surface area (Å²) in [6.07, 6.45) is 2.77. The molecule has 0 amide bonds. The first-order valence-corrected chi connectivity index (χ1v) is 4.25. The Balaban J connectivity index is 2.11. The molecule has 0 radical (unpaired) electrons. The number of hydrogen-bond acceptors (Lipinski definition) is 2. The van der Waals surface area contributed by atoms with Gasteiger partial charge in [-0.25, -0.2) is 0 Å². The molecule has 0 aromatic carbocycles. The van der Waals surface area contributed by atoms with Crippen molar-refractivity contribution in [3.63, 3.8) is 0 Å². The molecule has 2 N–H and O–H groups in total. The van der Waals surface area contributed by atoms with Crippen LogP contribution in [-0.2, 0) is 0 Å². The van der Waals surface area contributed by atoms with E-state index in [2.05, 4.69) is 11.8 Å². The monoisotopic (exact) mass is 142 g/mol. The molecular weight excluding hydrogens is 124 g/mol. The van der Waals surface area contributed by atoms with Gasteiger partial charge in [0, 0.05) is 6.54 Å². The third-order valence-corrected chi connectivity index (χ3v) is 2.17. The molecule has 1 rings (SSSR count). The van der Waals surface area contributed by atoms with Gasteiger partial charge in [-0.1, -0.05) is 6.92 Å². The summed E-state index contributed by atoms with van der Waals surface area (Å²) in [5.41, 5.74) is 5.52. The summed E-state index contributed by atoms with van der Waals surface area (Å²) in [7, 11) is 0. The van der Waals surface area contributed by atoms with Crippen LogP contribution in [0.2, 0.25) is 0 Å². The summed E-state index contributed by atoms with van der Waals surface area (Å²) in [6.45, 7) is 6.85. The molecule has 0 aliphatic carbocycles. The van der Waals surface area contributed by atoms with Gasteiger partial charge in [-0.2, -0.15) is 0 Å². The SMILES string of the molecule is C[C@H](CN)CN1CCCC1. The van der Waals surface area contributed by atoms with Crippen LogP contribution in [0.4, 0.5) is 0 Å². The molecule has 0 spiro atoms. The van der Waals surface area contributed by atoms with Gasteiger partial charge in [0.05, 0.1) is 0 Å². The molecule has 1 atom stereocenters. The Morgan fingerprint density at radius 2 is 2.00 bits per heavy atom. The van der Waals surface area contributed by atoms with Gasteiger partial charge >= 0.3 is 0 Å². The Kier molecular flexibility index (Phi) is 3.16. The third kappa shape index (κ3) is 2.27. The van der Waals surface area contributed by atoms with Gasteiger partial charge in [0.2, 0.25) is 0 Å². The highest BCUT2D eigenvalue weighted by molar-refractivity contribution is 4.68. The minimum Gasteiger partial charge on any atom is -0.330 e. The molecule has 2 heteroatoms. The van der Waals surface area contributed by atoms with Crippen molar-refractivity contribution in [2.75, 3.05) is 26.2 Å². The van der Waals surface area contributed by atoms with Crippen LogP contribution in [0.15, 0.2) is 0 Å². The van der Waals surface area contributed by atoms with E-state index in [1.165, 1.54) is 32.5 Å². The van der Waals surface area contributed by atoms with Gasteiger partial charge < -0.3 is 10.6 Å². The lowest BCUT2D eigenvalue weighted by Crippen LogP contribution is -2.29. The van der Waals surface area contributed by atoms with E-state index < -0.39 is 0 Å². The average molecular weight is 142 g/mol. The Bertz CT molecular complexity index is 87.3. The first-order chi connectivity index (χ1) is 4.83. The summed E-state index contributed by atoms with van der Waals surface area (Å²) >= 11 is 0. The van der Waals surface area contributed by atoms with Crippen LogP contribution in [0.25, 0.3) is 0 Å². The molecule has 1 fully saturated rings. The van der Waals surface area contributed by atoms with Crippen LogP contribution in [0.3, 0.4) is 0 Å². The summed E-state index contributed by atoms with van der Waals surface area (Å²) < 4.78 is 0. The zero-order valence-corrected chi connectivity index (χ0v) is 6.84. The zero-order valence-electron chi connectivity index (χ0n) is 6.84. The lowest BCUT2D eigenvalue weighted by atomic mass is 10.2. The molecule has 0 aromatic rings. The van der Waals surface area contributed by atoms with Gasteiger partial charge in [0.1, 0.15) is 0 Å². The lowest BCUT2D eigenvalue weighted by molar-refractivity contribution is 0.291. The molecule has 0 aromatic heterocycles. The predicted molar refractivity (Wildman–Crippen MR) is 43.9 cm³/mol. The minimum absolute atomic E-state index is 0.679. The summed E-state index contributed by atoms with van der Waals surface area (Å²) in [5.74, 6) is 0.679. The molecule has 10 heavy (non-hydrogen) atoms. The Morgan fingerprint density at radius 3 is 2.50 bits per heavy atom. The van der Waals surface area contributed by atoms with Gasteiger partial charge in [0.25, 0.3) is 0 Å². The zero-order chi connectivity index (χ0) is 7.40. The van der Waals surface area contributed by atoms with Crippen molar-refractivity contribution < 1.29 is 0 Å². The largest absolute Gasteiger partial charge is 0.330 e. The van der Waals surface area contributed by atoms with Crippen molar-refractivity contribution in [3.8, 4) is 0 Å². The van der Waals surface area contributed by atoms with Crippen LogP contribution < -0.4 is 5.73 Å². The first-order valence-electron chi connectivity index (χ1n) is 4.25. The number of nitrogens with zero attached hydrogens (tertiary/aromatic N) is 1. The van der Waals surface area contributed by atoms with E-state index in [0.717, 1.165) is 6.54 Å². The highest BCUT2D eigenvalue weighted by Crippen LogP contribution is 2.08. The smallest absolute Gasteiger partial charge is 0.00191 e. The minimum atomic E-state index is 0.679. The number of rotatable bonds is 3. The van der Waals surface area contributed by atoms with Crippen molar-refractivity contribution in [1.29, 1.82) is 0 Å². The van der Waals surface area contributed by atoms with Crippen molar-refractivity contribution in [3.05, 3.63) is 0 Å². The van der Waals surface area contributed by atoms with E-state index >= 15 is 0 Å². The second kappa shape index (κ2) is 3.94. The number of likely N-dealkylation sites (tertiary alicyclic amines) is 1. The molecule has 1 saturated heterocycles. The Hall–Kier alpha value is -0.0800. The fraction of sp³-hybridized carbons (Fsp3) is 1.00. The summed E-state index contributed by atoms with van der Waals surface area (Å²) in [5, 5.41) is 0. The second-order valence-corrected chi connectivity index (χ2v) is 3.35. The fourth-order valence-electron chi connectivity index (χ4n) is 1.48. The van der Waals surface area contributed by atoms with E-state index in [4.69, 9.17) is 5.73 Å². The predicted octanol–water partition coefficient (Wildman–Crippen LogP) is 0.677. The number of nitrogens with two attached hydrogens (primary N) is 1. The third-order valence-electron chi connectivity index (χ3n) is 2.17. The van der Waals surface area contributed by atoms with E-state index in [9.17, 15) is 0 Å². The molecule has 0 bridgehead atoms. The van der Waals surface area contributed by atoms with Gasteiger partial charge in [-0.3, -0.25) is 0 Å². The van der Waals surface area contributed by atoms with Crippen molar-refractivity contribution >= 4 is 0 Å². The topological polar surface area (TPSA) is 29.3 Å². The first kappa shape index (κ1) is 8.02. The van der Waals surface area contributed by atoms with Crippen molar-refractivity contribution in [2.45, 2.75) is 19.8 Å². The number of hydrogen-bond donors (Lipinski definition) is 1. The molecule has 0 saturated carbocycles. The Labute approximate surface area is 63.4 Å². The van der Waals surface area contributed by atoms with Crippen LogP contribution >= 0.6 is 0 Å². The average Bonchev–Trinajstić information content (AvgIpc) is 2.40. The van der Waals surface area contributed by atoms with Gasteiger partial charge in [0.15, 0.2) is 0 Å². The summed E-state index contributed by atoms with van der Waals surface area (Å²) in [4.78, 5) is 2.51. The highest BCUT2D eigenvalue weighted by Gasteiger charge is 2.12. The molecule has 2 nitrogen and oxygen atoms in total. The van der Waals surface area contributed by atoms with Crippen LogP contribution in [-0.4, -0.2) is 31.1 Å². The van der Waals surface area contributed by atoms with Gasteiger partial charge in [-0.05, 0) is 38.4 Å². The van der Waals surface area contributed by atoms with Crippen LogP contribution in [0.5, 0.6) is 0 Å². The van der Waals surface area contributed by atoms with E-state index in [1.54, 1.807) is 0 Å². The standard InChI is InChI=1S/C8H18N2/c1-8(6-9)7-10-4-2-3-5-10/h8H,2-7,9H2,1H3/t8-/m1/s1. The molecule has 1 heterocycles.